The molecule has 0 amide bonds. The van der Waals surface area contributed by atoms with E-state index in [0.717, 1.165) is 0 Å². The molecule has 0 aromatic rings. The third kappa shape index (κ3) is 32.4. The smallest absolute Gasteiger partial charge is 0 e. The summed E-state index contributed by atoms with van der Waals surface area (Å²) in [6.45, 7) is 4.61. The molecule has 0 nitrogen and oxygen atoms in total. The Kier molecular flexibility index (Phi) is 39.5. The molecule has 0 saturated carbocycles. The molecule has 0 heterocycles. The van der Waals surface area contributed by atoms with E-state index in [2.05, 4.69) is 13.8 Å². The average molecular weight is 522 g/mol. The van der Waals surface area contributed by atoms with Crippen molar-refractivity contribution in [2.24, 2.45) is 0 Å². The average Bonchev–Trinajstić information content (AvgIpc) is 2.63. The molecular formula is C24H50S2Sn. The van der Waals surface area contributed by atoms with E-state index in [9.17, 15) is 0 Å². The minimum absolute atomic E-state index is 0. The van der Waals surface area contributed by atoms with E-state index in [1.807, 2.05) is 0 Å². The molecule has 0 rings (SSSR count). The van der Waals surface area contributed by atoms with Gasteiger partial charge in [-0.1, -0.05) is 0 Å². The molecule has 6 radical (unpaired) electrons. The van der Waals surface area contributed by atoms with Gasteiger partial charge in [0.1, 0.15) is 0 Å². The fourth-order valence-electron chi connectivity index (χ4n) is 3.60. The summed E-state index contributed by atoms with van der Waals surface area (Å²) in [6.07, 6.45) is 29.8. The third-order valence-corrected chi connectivity index (χ3v) is 9.45. The summed E-state index contributed by atoms with van der Waals surface area (Å²) in [5, 5.41) is 0. The van der Waals surface area contributed by atoms with Gasteiger partial charge < -0.3 is 0 Å². The number of rotatable bonds is 22. The van der Waals surface area contributed by atoms with Crippen LogP contribution >= 0.6 is 27.0 Å². The molecule has 0 unspecified atom stereocenters. The Bertz CT molecular complexity index is 202. The van der Waals surface area contributed by atoms with Crippen molar-refractivity contribution in [2.75, 3.05) is 0 Å². The summed E-state index contributed by atoms with van der Waals surface area (Å²) in [7, 11) is 0. The Labute approximate surface area is 198 Å². The van der Waals surface area contributed by atoms with Crippen molar-refractivity contribution in [1.82, 2.24) is 0 Å². The van der Waals surface area contributed by atoms with Crippen molar-refractivity contribution >= 4 is 48.1 Å². The topological polar surface area (TPSA) is 0 Å². The first-order valence-corrected chi connectivity index (χ1v) is 16.2. The minimum atomic E-state index is 0. The van der Waals surface area contributed by atoms with Crippen molar-refractivity contribution in [1.29, 1.82) is 0 Å². The molecule has 0 bridgehead atoms. The van der Waals surface area contributed by atoms with Gasteiger partial charge in [0.15, 0.2) is 0 Å². The zero-order valence-electron chi connectivity index (χ0n) is 18.9. The van der Waals surface area contributed by atoms with Gasteiger partial charge in [0.2, 0.25) is 0 Å². The Morgan fingerprint density at radius 2 is 0.556 bits per heavy atom. The van der Waals surface area contributed by atoms with Crippen LogP contribution in [0.15, 0.2) is 0 Å². The molecule has 3 heteroatoms. The Morgan fingerprint density at radius 3 is 0.815 bits per heavy atom. The zero-order valence-corrected chi connectivity index (χ0v) is 23.4. The van der Waals surface area contributed by atoms with Gasteiger partial charge in [-0.2, -0.15) is 0 Å². The van der Waals surface area contributed by atoms with Crippen LogP contribution in [0.3, 0.4) is 0 Å². The van der Waals surface area contributed by atoms with E-state index in [1.54, 1.807) is 21.7 Å². The summed E-state index contributed by atoms with van der Waals surface area (Å²) in [5.41, 5.74) is 0. The molecule has 0 fully saturated rings. The fourth-order valence-corrected chi connectivity index (χ4v) is 7.17. The quantitative estimate of drug-likeness (QED) is 0.0982. The first-order chi connectivity index (χ1) is 12.4. The van der Waals surface area contributed by atoms with Crippen molar-refractivity contribution in [3.8, 4) is 0 Å². The van der Waals surface area contributed by atoms with Crippen LogP contribution in [0.4, 0.5) is 0 Å². The first-order valence-electron chi connectivity index (χ1n) is 12.1. The van der Waals surface area contributed by atoms with Crippen LogP contribution in [-0.2, 0) is 0 Å². The second-order valence-corrected chi connectivity index (χ2v) is 12.4. The molecule has 0 N–H and O–H groups in total. The predicted octanol–water partition coefficient (Wildman–Crippen LogP) is 10.7. The second kappa shape index (κ2) is 32.2. The summed E-state index contributed by atoms with van der Waals surface area (Å²) >= 11 is 0.0377. The van der Waals surface area contributed by atoms with Gasteiger partial charge in [-0.25, -0.2) is 0 Å². The Morgan fingerprint density at radius 1 is 0.333 bits per heavy atom. The monoisotopic (exact) mass is 522 g/mol. The van der Waals surface area contributed by atoms with Crippen LogP contribution in [0.25, 0.3) is 0 Å². The third-order valence-electron chi connectivity index (χ3n) is 5.41. The Hall–Kier alpha value is 1.50. The standard InChI is InChI=1S/2C12H25.2S.Sn/c2*1-3-5-7-9-11-12-10-8-6-4-2;;;/h2*1,3-12H2,2H3;;;. The van der Waals surface area contributed by atoms with E-state index in [4.69, 9.17) is 0 Å². The molecule has 0 aliphatic heterocycles. The van der Waals surface area contributed by atoms with Gasteiger partial charge in [0.05, 0.1) is 0 Å². The van der Waals surface area contributed by atoms with Crippen LogP contribution < -0.4 is 0 Å². The molecule has 0 spiro atoms. The van der Waals surface area contributed by atoms with E-state index in [0.29, 0.717) is 0 Å². The zero-order chi connectivity index (χ0) is 18.3. The van der Waals surface area contributed by atoms with Crippen LogP contribution in [-0.4, -0.2) is 21.1 Å². The summed E-state index contributed by atoms with van der Waals surface area (Å²) in [4.78, 5) is 0. The molecule has 162 valence electrons. The first kappa shape index (κ1) is 33.1. The molecule has 0 aliphatic carbocycles. The fraction of sp³-hybridized carbons (Fsp3) is 1.00. The van der Waals surface area contributed by atoms with Gasteiger partial charge >= 0.3 is 172 Å². The summed E-state index contributed by atoms with van der Waals surface area (Å²) in [5.74, 6) is 0. The van der Waals surface area contributed by atoms with Gasteiger partial charge in [0.25, 0.3) is 0 Å². The van der Waals surface area contributed by atoms with E-state index in [1.165, 1.54) is 116 Å². The molecule has 0 atom stereocenters. The maximum absolute atomic E-state index is 2.31. The SMILES string of the molecule is CCCCCCCCCCC[CH2][Sn][CH2]CCCCCCCCCCC.[S].[S]. The van der Waals surface area contributed by atoms with E-state index >= 15 is 0 Å². The number of hydrogen-bond donors (Lipinski definition) is 0. The number of hydrogen-bond acceptors (Lipinski definition) is 0. The van der Waals surface area contributed by atoms with Gasteiger partial charge in [-0.3, -0.25) is 0 Å². The van der Waals surface area contributed by atoms with Crippen molar-refractivity contribution < 1.29 is 0 Å². The maximum atomic E-state index is 2.31. The van der Waals surface area contributed by atoms with Crippen LogP contribution in [0.2, 0.25) is 8.87 Å². The van der Waals surface area contributed by atoms with Gasteiger partial charge in [-0.05, 0) is 0 Å². The van der Waals surface area contributed by atoms with Crippen molar-refractivity contribution in [3.05, 3.63) is 0 Å². The minimum Gasteiger partial charge on any atom is 0 e. The van der Waals surface area contributed by atoms with Gasteiger partial charge in [0, 0.05) is 27.0 Å². The van der Waals surface area contributed by atoms with E-state index in [-0.39, 0.29) is 48.1 Å². The molecule has 0 aromatic heterocycles. The van der Waals surface area contributed by atoms with Crippen molar-refractivity contribution in [2.45, 2.75) is 151 Å². The molecular weight excluding hydrogens is 471 g/mol. The van der Waals surface area contributed by atoms with E-state index < -0.39 is 0 Å². The van der Waals surface area contributed by atoms with Crippen LogP contribution in [0.1, 0.15) is 142 Å². The molecule has 27 heavy (non-hydrogen) atoms. The van der Waals surface area contributed by atoms with Gasteiger partial charge in [-0.15, -0.1) is 0 Å². The van der Waals surface area contributed by atoms with Crippen molar-refractivity contribution in [3.63, 3.8) is 0 Å². The van der Waals surface area contributed by atoms with Crippen LogP contribution in [0, 0.1) is 0 Å². The van der Waals surface area contributed by atoms with Crippen LogP contribution in [0.5, 0.6) is 0 Å². The second-order valence-electron chi connectivity index (χ2n) is 8.11. The molecule has 0 aliphatic rings. The predicted molar refractivity (Wildman–Crippen MR) is 134 cm³/mol. The Balaban J connectivity index is -0.00000288. The molecule has 0 aromatic carbocycles. The number of unbranched alkanes of at least 4 members (excludes halogenated alkanes) is 18. The summed E-state index contributed by atoms with van der Waals surface area (Å²) in [6, 6.07) is 0. The normalized spacial score (nSPS) is 10.4. The molecule has 0 saturated heterocycles. The summed E-state index contributed by atoms with van der Waals surface area (Å²) < 4.78 is 3.33.